The molecule has 0 saturated carbocycles. The quantitative estimate of drug-likeness (QED) is 0.866. The van der Waals surface area contributed by atoms with Crippen LogP contribution in [0.25, 0.3) is 11.0 Å². The van der Waals surface area contributed by atoms with E-state index in [2.05, 4.69) is 32.8 Å². The number of hydrogen-bond donors (Lipinski definition) is 0. The summed E-state index contributed by atoms with van der Waals surface area (Å²) in [4.78, 5) is 19.8. The Balaban J connectivity index is 2.12. The molecule has 3 rings (SSSR count). The fourth-order valence-electron chi connectivity index (χ4n) is 3.16. The van der Waals surface area contributed by atoms with E-state index in [0.717, 1.165) is 48.2 Å². The van der Waals surface area contributed by atoms with Crippen molar-refractivity contribution in [2.24, 2.45) is 0 Å². The Hall–Kier alpha value is -1.91. The maximum atomic E-state index is 13.0. The number of carbonyl (C=O) groups excluding carboxylic acids is 1. The van der Waals surface area contributed by atoms with Gasteiger partial charge in [-0.25, -0.2) is 9.67 Å². The van der Waals surface area contributed by atoms with Gasteiger partial charge in [-0.3, -0.25) is 4.79 Å². The largest absolute Gasteiger partial charge is 0.339 e. The number of rotatable bonds is 3. The predicted molar refractivity (Wildman–Crippen MR) is 91.8 cm³/mol. The molecule has 1 saturated heterocycles. The summed E-state index contributed by atoms with van der Waals surface area (Å²) >= 11 is 0. The Morgan fingerprint density at radius 2 is 1.83 bits per heavy atom. The lowest BCUT2D eigenvalue weighted by Crippen LogP contribution is -2.35. The number of hydrogen-bond acceptors (Lipinski definition) is 3. The van der Waals surface area contributed by atoms with Crippen LogP contribution in [-0.4, -0.2) is 38.7 Å². The minimum absolute atomic E-state index is 0.127. The van der Waals surface area contributed by atoms with Crippen molar-refractivity contribution in [2.45, 2.75) is 58.9 Å². The molecule has 1 fully saturated rings. The van der Waals surface area contributed by atoms with Gasteiger partial charge in [0.25, 0.3) is 5.91 Å². The molecule has 1 aliphatic heterocycles. The van der Waals surface area contributed by atoms with Crippen molar-refractivity contribution in [2.75, 3.05) is 13.1 Å². The van der Waals surface area contributed by atoms with Crippen LogP contribution in [0.3, 0.4) is 0 Å². The minimum atomic E-state index is 0.127. The molecular formula is C18H26N4O. The number of amides is 1. The predicted octanol–water partition coefficient (Wildman–Crippen LogP) is 3.76. The second-order valence-electron chi connectivity index (χ2n) is 7.02. The molecular weight excluding hydrogens is 288 g/mol. The van der Waals surface area contributed by atoms with Gasteiger partial charge in [-0.15, -0.1) is 0 Å². The molecule has 2 aromatic heterocycles. The van der Waals surface area contributed by atoms with Crippen LogP contribution < -0.4 is 0 Å². The van der Waals surface area contributed by atoms with Crippen LogP contribution in [0.15, 0.2) is 12.3 Å². The molecule has 1 amide bonds. The number of pyridine rings is 1. The van der Waals surface area contributed by atoms with Crippen LogP contribution >= 0.6 is 0 Å². The first-order chi connectivity index (χ1) is 11.0. The Labute approximate surface area is 137 Å². The highest BCUT2D eigenvalue weighted by Crippen LogP contribution is 2.26. The second-order valence-corrected chi connectivity index (χ2v) is 7.02. The van der Waals surface area contributed by atoms with Crippen molar-refractivity contribution >= 4 is 16.9 Å². The van der Waals surface area contributed by atoms with Gasteiger partial charge in [-0.05, 0) is 45.1 Å². The summed E-state index contributed by atoms with van der Waals surface area (Å²) in [6, 6.07) is 2.19. The zero-order valence-electron chi connectivity index (χ0n) is 14.5. The fourth-order valence-corrected chi connectivity index (χ4v) is 3.16. The van der Waals surface area contributed by atoms with Gasteiger partial charge in [-0.1, -0.05) is 13.8 Å². The van der Waals surface area contributed by atoms with Crippen LogP contribution in [0.4, 0.5) is 0 Å². The van der Waals surface area contributed by atoms with Crippen LogP contribution in [0.2, 0.25) is 0 Å². The summed E-state index contributed by atoms with van der Waals surface area (Å²) < 4.78 is 1.91. The number of piperidine rings is 1. The third-order valence-corrected chi connectivity index (χ3v) is 4.54. The first kappa shape index (κ1) is 16.0. The first-order valence-corrected chi connectivity index (χ1v) is 8.66. The molecule has 5 nitrogen and oxygen atoms in total. The van der Waals surface area contributed by atoms with Gasteiger partial charge in [0.2, 0.25) is 0 Å². The van der Waals surface area contributed by atoms with Crippen LogP contribution in [-0.2, 0) is 0 Å². The number of aromatic nitrogens is 3. The van der Waals surface area contributed by atoms with Crippen LogP contribution in [0, 0.1) is 0 Å². The first-order valence-electron chi connectivity index (χ1n) is 8.66. The molecule has 0 spiro atoms. The fraction of sp³-hybridized carbons (Fsp3) is 0.611. The molecule has 124 valence electrons. The lowest BCUT2D eigenvalue weighted by Gasteiger charge is -2.27. The van der Waals surface area contributed by atoms with Crippen molar-refractivity contribution in [3.8, 4) is 0 Å². The molecule has 0 atom stereocenters. The average molecular weight is 314 g/mol. The van der Waals surface area contributed by atoms with Crippen molar-refractivity contribution in [3.05, 3.63) is 23.5 Å². The van der Waals surface area contributed by atoms with E-state index in [4.69, 9.17) is 4.98 Å². The van der Waals surface area contributed by atoms with Crippen molar-refractivity contribution in [1.82, 2.24) is 19.7 Å². The summed E-state index contributed by atoms with van der Waals surface area (Å²) in [5, 5.41) is 5.34. The standard InChI is InChI=1S/C18H26N4O/c1-12(2)16-10-14(18(23)21-8-6-5-7-9-21)15-11-19-22(13(3)4)17(15)20-16/h10-13H,5-9H2,1-4H3. The number of fused-ring (bicyclic) bond motifs is 1. The highest BCUT2D eigenvalue weighted by molar-refractivity contribution is 6.05. The van der Waals surface area contributed by atoms with Gasteiger partial charge in [0.15, 0.2) is 5.65 Å². The molecule has 0 aromatic carbocycles. The van der Waals surface area contributed by atoms with Crippen molar-refractivity contribution < 1.29 is 4.79 Å². The van der Waals surface area contributed by atoms with E-state index in [1.807, 2.05) is 15.6 Å². The van der Waals surface area contributed by atoms with Gasteiger partial charge >= 0.3 is 0 Å². The van der Waals surface area contributed by atoms with Crippen LogP contribution in [0.5, 0.6) is 0 Å². The molecule has 0 aliphatic carbocycles. The molecule has 2 aromatic rings. The van der Waals surface area contributed by atoms with E-state index >= 15 is 0 Å². The molecule has 3 heterocycles. The summed E-state index contributed by atoms with van der Waals surface area (Å²) in [5.41, 5.74) is 2.54. The SMILES string of the molecule is CC(C)c1cc(C(=O)N2CCCCC2)c2cnn(C(C)C)c2n1. The van der Waals surface area contributed by atoms with Gasteiger partial charge < -0.3 is 4.90 Å². The molecule has 1 aliphatic rings. The zero-order chi connectivity index (χ0) is 16.6. The Bertz CT molecular complexity index is 711. The van der Waals surface area contributed by atoms with Gasteiger partial charge in [0.1, 0.15) is 0 Å². The second kappa shape index (κ2) is 6.30. The smallest absolute Gasteiger partial charge is 0.254 e. The van der Waals surface area contributed by atoms with Gasteiger partial charge in [0, 0.05) is 24.8 Å². The molecule has 0 unspecified atom stereocenters. The summed E-state index contributed by atoms with van der Waals surface area (Å²) in [5.74, 6) is 0.408. The topological polar surface area (TPSA) is 51.0 Å². The lowest BCUT2D eigenvalue weighted by atomic mass is 10.0. The zero-order valence-corrected chi connectivity index (χ0v) is 14.5. The van der Waals surface area contributed by atoms with Gasteiger partial charge in [-0.2, -0.15) is 5.10 Å². The maximum Gasteiger partial charge on any atom is 0.254 e. The highest BCUT2D eigenvalue weighted by atomic mass is 16.2. The molecule has 0 radical (unpaired) electrons. The average Bonchev–Trinajstić information content (AvgIpc) is 2.98. The summed E-state index contributed by atoms with van der Waals surface area (Å²) in [6.07, 6.45) is 5.21. The van der Waals surface area contributed by atoms with Crippen LogP contribution in [0.1, 0.15) is 75.0 Å². The Morgan fingerprint density at radius 1 is 1.13 bits per heavy atom. The molecule has 0 N–H and O–H groups in total. The third kappa shape index (κ3) is 2.96. The lowest BCUT2D eigenvalue weighted by molar-refractivity contribution is 0.0726. The molecule has 5 heteroatoms. The van der Waals surface area contributed by atoms with Crippen molar-refractivity contribution in [1.29, 1.82) is 0 Å². The van der Waals surface area contributed by atoms with E-state index < -0.39 is 0 Å². The van der Waals surface area contributed by atoms with E-state index in [-0.39, 0.29) is 17.9 Å². The van der Waals surface area contributed by atoms with E-state index in [1.54, 1.807) is 6.20 Å². The third-order valence-electron chi connectivity index (χ3n) is 4.54. The minimum Gasteiger partial charge on any atom is -0.339 e. The maximum absolute atomic E-state index is 13.0. The number of carbonyl (C=O) groups is 1. The van der Waals surface area contributed by atoms with E-state index in [1.165, 1.54) is 6.42 Å². The summed E-state index contributed by atoms with van der Waals surface area (Å²) in [7, 11) is 0. The normalized spacial score (nSPS) is 15.8. The Kier molecular flexibility index (Phi) is 4.37. The van der Waals surface area contributed by atoms with Gasteiger partial charge in [0.05, 0.1) is 17.1 Å². The molecule has 0 bridgehead atoms. The summed E-state index contributed by atoms with van der Waals surface area (Å²) in [6.45, 7) is 10.1. The molecule has 23 heavy (non-hydrogen) atoms. The van der Waals surface area contributed by atoms with E-state index in [9.17, 15) is 4.79 Å². The Morgan fingerprint density at radius 3 is 2.43 bits per heavy atom. The highest BCUT2D eigenvalue weighted by Gasteiger charge is 2.23. The number of nitrogens with zero attached hydrogens (tertiary/aromatic N) is 4. The number of likely N-dealkylation sites (tertiary alicyclic amines) is 1. The monoisotopic (exact) mass is 314 g/mol. The van der Waals surface area contributed by atoms with Crippen molar-refractivity contribution in [3.63, 3.8) is 0 Å². The van der Waals surface area contributed by atoms with E-state index in [0.29, 0.717) is 0 Å².